The Balaban J connectivity index is 0. The second-order valence-electron chi connectivity index (χ2n) is 1.49. The number of ether oxygens (including phenoxy) is 1. The second kappa shape index (κ2) is 5.93. The predicted octanol–water partition coefficient (Wildman–Crippen LogP) is -0.394. The van der Waals surface area contributed by atoms with E-state index in [9.17, 15) is 13.2 Å². The minimum atomic E-state index is -3.67. The Hall–Kier alpha value is -0.820. The quantitative estimate of drug-likeness (QED) is 0.541. The lowest BCUT2D eigenvalue weighted by atomic mass is 10.9. The second-order valence-corrected chi connectivity index (χ2v) is 2.95. The van der Waals surface area contributed by atoms with Gasteiger partial charge in [-0.2, -0.15) is 8.42 Å². The molecule has 1 amide bonds. The molecule has 0 aromatic carbocycles. The Labute approximate surface area is 65.1 Å². The molecule has 0 saturated carbocycles. The Morgan fingerprint density at radius 3 is 1.91 bits per heavy atom. The molecule has 0 spiro atoms. The molecule has 0 fully saturated rings. The van der Waals surface area contributed by atoms with Gasteiger partial charge in [0.25, 0.3) is 10.1 Å². The maximum absolute atomic E-state index is 9.60. The van der Waals surface area contributed by atoms with Crippen molar-refractivity contribution in [3.63, 3.8) is 0 Å². The van der Waals surface area contributed by atoms with Crippen LogP contribution in [0.15, 0.2) is 0 Å². The van der Waals surface area contributed by atoms with Crippen molar-refractivity contribution in [3.8, 4) is 0 Å². The van der Waals surface area contributed by atoms with Gasteiger partial charge in [-0.1, -0.05) is 0 Å². The van der Waals surface area contributed by atoms with Crippen molar-refractivity contribution in [3.05, 3.63) is 0 Å². The van der Waals surface area contributed by atoms with E-state index in [4.69, 9.17) is 4.55 Å². The first-order chi connectivity index (χ1) is 4.77. The summed E-state index contributed by atoms with van der Waals surface area (Å²) < 4.78 is 30.0. The van der Waals surface area contributed by atoms with E-state index in [0.717, 1.165) is 0 Å². The van der Waals surface area contributed by atoms with Gasteiger partial charge in [0.15, 0.2) is 0 Å². The van der Waals surface area contributed by atoms with E-state index in [1.165, 1.54) is 0 Å². The molecule has 0 aliphatic rings. The van der Waals surface area contributed by atoms with Crippen LogP contribution in [0.2, 0.25) is 0 Å². The first kappa shape index (κ1) is 12.8. The van der Waals surface area contributed by atoms with Crippen LogP contribution in [0.1, 0.15) is 6.92 Å². The summed E-state index contributed by atoms with van der Waals surface area (Å²) in [5, 5.41) is 0. The summed E-state index contributed by atoms with van der Waals surface area (Å²) in [6, 6.07) is 0. The molecule has 0 rings (SSSR count). The maximum Gasteiger partial charge on any atom is 0.404 e. The highest BCUT2D eigenvalue weighted by atomic mass is 32.2. The molecule has 0 aliphatic heterocycles. The molecule has 0 aromatic rings. The fourth-order valence-electron chi connectivity index (χ4n) is 0.142. The molecule has 68 valence electrons. The molecule has 6 nitrogen and oxygen atoms in total. The predicted molar refractivity (Wildman–Crippen MR) is 38.7 cm³/mol. The normalized spacial score (nSPS) is 9.36. The average molecular weight is 185 g/mol. The van der Waals surface area contributed by atoms with Crippen LogP contribution in [-0.4, -0.2) is 31.9 Å². The van der Waals surface area contributed by atoms with Gasteiger partial charge in [0.05, 0.1) is 12.9 Å². The zero-order valence-corrected chi connectivity index (χ0v) is 7.09. The lowest BCUT2D eigenvalue weighted by molar-refractivity contribution is 0.163. The lowest BCUT2D eigenvalue weighted by Gasteiger charge is -1.89. The molecule has 7 heteroatoms. The first-order valence-electron chi connectivity index (χ1n) is 2.62. The van der Waals surface area contributed by atoms with Gasteiger partial charge in [0, 0.05) is 0 Å². The van der Waals surface area contributed by atoms with Gasteiger partial charge in [-0.15, -0.1) is 0 Å². The Kier molecular flexibility index (Phi) is 6.91. The van der Waals surface area contributed by atoms with Crippen molar-refractivity contribution in [2.24, 2.45) is 5.73 Å². The molecule has 0 unspecified atom stereocenters. The molecular weight excluding hydrogens is 174 g/mol. The van der Waals surface area contributed by atoms with Crippen molar-refractivity contribution in [1.29, 1.82) is 0 Å². The molecule has 0 aromatic heterocycles. The third-order valence-corrected chi connectivity index (χ3v) is 0.287. The van der Waals surface area contributed by atoms with Crippen molar-refractivity contribution < 1.29 is 22.5 Å². The maximum atomic E-state index is 9.60. The van der Waals surface area contributed by atoms with Gasteiger partial charge in [-0.05, 0) is 6.92 Å². The van der Waals surface area contributed by atoms with Crippen molar-refractivity contribution in [2.45, 2.75) is 6.92 Å². The number of carbonyl (C=O) groups excluding carboxylic acids is 1. The number of carbonyl (C=O) groups is 1. The van der Waals surface area contributed by atoms with E-state index in [-0.39, 0.29) is 0 Å². The summed E-state index contributed by atoms with van der Waals surface area (Å²) in [4.78, 5) is 9.60. The zero-order valence-electron chi connectivity index (χ0n) is 6.27. The fraction of sp³-hybridized carbons (Fsp3) is 0.750. The summed E-state index contributed by atoms with van der Waals surface area (Å²) in [7, 11) is -3.67. The summed E-state index contributed by atoms with van der Waals surface area (Å²) in [5.41, 5.74) is 4.54. The van der Waals surface area contributed by atoms with Crippen LogP contribution in [-0.2, 0) is 14.9 Å². The number of rotatable bonds is 1. The molecule has 11 heavy (non-hydrogen) atoms. The number of hydrogen-bond acceptors (Lipinski definition) is 4. The molecular formula is C4H11NO5S. The van der Waals surface area contributed by atoms with Gasteiger partial charge in [0.2, 0.25) is 0 Å². The van der Waals surface area contributed by atoms with E-state index in [1.807, 2.05) is 0 Å². The van der Waals surface area contributed by atoms with Crippen LogP contribution in [0.3, 0.4) is 0 Å². The smallest absolute Gasteiger partial charge is 0.404 e. The van der Waals surface area contributed by atoms with Crippen LogP contribution in [0.4, 0.5) is 4.79 Å². The molecule has 3 N–H and O–H groups in total. The minimum Gasteiger partial charge on any atom is -0.450 e. The molecule has 0 saturated heterocycles. The van der Waals surface area contributed by atoms with E-state index < -0.39 is 16.2 Å². The van der Waals surface area contributed by atoms with E-state index in [0.29, 0.717) is 12.9 Å². The monoisotopic (exact) mass is 185 g/mol. The standard InChI is InChI=1S/C3H7NO2.CH4O3S/c1-2-6-3(4)5;1-5(2,3)4/h2H2,1H3,(H2,4,5);1H3,(H,2,3,4). The SMILES string of the molecule is CCOC(N)=O.CS(=O)(=O)O. The molecule has 0 atom stereocenters. The van der Waals surface area contributed by atoms with Crippen LogP contribution in [0.25, 0.3) is 0 Å². The van der Waals surface area contributed by atoms with E-state index in [1.54, 1.807) is 6.92 Å². The first-order valence-corrected chi connectivity index (χ1v) is 4.47. The average Bonchev–Trinajstić information content (AvgIpc) is 1.58. The number of nitrogens with two attached hydrogens (primary N) is 1. The van der Waals surface area contributed by atoms with E-state index >= 15 is 0 Å². The van der Waals surface area contributed by atoms with Crippen LogP contribution >= 0.6 is 0 Å². The largest absolute Gasteiger partial charge is 0.450 e. The van der Waals surface area contributed by atoms with Crippen LogP contribution in [0, 0.1) is 0 Å². The van der Waals surface area contributed by atoms with Crippen molar-refractivity contribution >= 4 is 16.2 Å². The summed E-state index contributed by atoms with van der Waals surface area (Å²) in [5.74, 6) is 0. The van der Waals surface area contributed by atoms with Gasteiger partial charge < -0.3 is 10.5 Å². The Morgan fingerprint density at radius 2 is 1.91 bits per heavy atom. The summed E-state index contributed by atoms with van der Waals surface area (Å²) in [6.45, 7) is 2.06. The third kappa shape index (κ3) is 99.6. The molecule has 0 radical (unpaired) electrons. The van der Waals surface area contributed by atoms with Gasteiger partial charge >= 0.3 is 6.09 Å². The highest BCUT2D eigenvalue weighted by Crippen LogP contribution is 1.66. The lowest BCUT2D eigenvalue weighted by Crippen LogP contribution is -2.11. The highest BCUT2D eigenvalue weighted by Gasteiger charge is 1.82. The van der Waals surface area contributed by atoms with Crippen LogP contribution in [0.5, 0.6) is 0 Å². The minimum absolute atomic E-state index is 0.356. The van der Waals surface area contributed by atoms with Crippen molar-refractivity contribution in [2.75, 3.05) is 12.9 Å². The van der Waals surface area contributed by atoms with E-state index in [2.05, 4.69) is 10.5 Å². The number of amides is 1. The van der Waals surface area contributed by atoms with Crippen molar-refractivity contribution in [1.82, 2.24) is 0 Å². The fourth-order valence-corrected chi connectivity index (χ4v) is 0.142. The van der Waals surface area contributed by atoms with Gasteiger partial charge in [0.1, 0.15) is 0 Å². The summed E-state index contributed by atoms with van der Waals surface area (Å²) >= 11 is 0. The third-order valence-electron chi connectivity index (χ3n) is 0.287. The zero-order chi connectivity index (χ0) is 9.49. The number of primary amides is 1. The Bertz CT molecular complexity index is 189. The molecule has 0 heterocycles. The highest BCUT2D eigenvalue weighted by molar-refractivity contribution is 7.85. The van der Waals surface area contributed by atoms with Crippen LogP contribution < -0.4 is 5.73 Å². The topological polar surface area (TPSA) is 107 Å². The Morgan fingerprint density at radius 1 is 1.64 bits per heavy atom. The number of hydrogen-bond donors (Lipinski definition) is 2. The summed E-state index contributed by atoms with van der Waals surface area (Å²) in [6.07, 6.45) is 0.00463. The molecule has 0 aliphatic carbocycles. The molecule has 0 bridgehead atoms. The van der Waals surface area contributed by atoms with Gasteiger partial charge in [-0.3, -0.25) is 4.55 Å². The van der Waals surface area contributed by atoms with Gasteiger partial charge in [-0.25, -0.2) is 4.79 Å².